The van der Waals surface area contributed by atoms with Crippen molar-refractivity contribution in [2.75, 3.05) is 17.6 Å². The van der Waals surface area contributed by atoms with Gasteiger partial charge >= 0.3 is 0 Å². The van der Waals surface area contributed by atoms with Gasteiger partial charge in [-0.25, -0.2) is 4.39 Å². The number of hydrogen-bond acceptors (Lipinski definition) is 4. The highest BCUT2D eigenvalue weighted by Crippen LogP contribution is 2.19. The number of amides is 3. The fourth-order valence-electron chi connectivity index (χ4n) is 1.95. The number of halogens is 1. The van der Waals surface area contributed by atoms with Crippen LogP contribution in [-0.4, -0.2) is 29.2 Å². The molecule has 1 aromatic carbocycles. The molecule has 0 bridgehead atoms. The van der Waals surface area contributed by atoms with Crippen molar-refractivity contribution in [1.29, 1.82) is 0 Å². The van der Waals surface area contributed by atoms with Crippen LogP contribution >= 0.6 is 0 Å². The Bertz CT molecular complexity index is 558. The first kappa shape index (κ1) is 14.0. The van der Waals surface area contributed by atoms with E-state index in [0.29, 0.717) is 6.42 Å². The number of benzene rings is 1. The number of carbonyl (C=O) groups is 3. The Kier molecular flexibility index (Phi) is 3.97. The number of likely N-dealkylation sites (tertiary alicyclic amines) is 1. The van der Waals surface area contributed by atoms with Gasteiger partial charge in [0.05, 0.1) is 11.4 Å². The zero-order valence-electron chi connectivity index (χ0n) is 10.7. The van der Waals surface area contributed by atoms with Crippen LogP contribution in [0.2, 0.25) is 0 Å². The first-order chi connectivity index (χ1) is 9.47. The number of nitrogens with two attached hydrogens (primary N) is 1. The van der Waals surface area contributed by atoms with Gasteiger partial charge in [-0.15, -0.1) is 0 Å². The van der Waals surface area contributed by atoms with Gasteiger partial charge in [0.1, 0.15) is 12.4 Å². The zero-order valence-corrected chi connectivity index (χ0v) is 10.7. The van der Waals surface area contributed by atoms with E-state index in [1.165, 1.54) is 12.1 Å². The summed E-state index contributed by atoms with van der Waals surface area (Å²) < 4.78 is 13.1. The van der Waals surface area contributed by atoms with Gasteiger partial charge in [-0.1, -0.05) is 0 Å². The van der Waals surface area contributed by atoms with Crippen LogP contribution in [0.15, 0.2) is 18.2 Å². The van der Waals surface area contributed by atoms with Crippen molar-refractivity contribution in [3.05, 3.63) is 24.0 Å². The quantitative estimate of drug-likeness (QED) is 0.634. The molecule has 0 radical (unpaired) electrons. The minimum absolute atomic E-state index is 0.118. The lowest BCUT2D eigenvalue weighted by atomic mass is 10.1. The normalized spacial score (nSPS) is 15.3. The largest absolute Gasteiger partial charge is 0.397 e. The Labute approximate surface area is 114 Å². The molecule has 6 nitrogen and oxygen atoms in total. The molecule has 1 aliphatic heterocycles. The highest BCUT2D eigenvalue weighted by atomic mass is 19.1. The van der Waals surface area contributed by atoms with Crippen LogP contribution < -0.4 is 11.1 Å². The second kappa shape index (κ2) is 5.68. The minimum Gasteiger partial charge on any atom is -0.397 e. The summed E-state index contributed by atoms with van der Waals surface area (Å²) in [6, 6.07) is 3.57. The second-order valence-corrected chi connectivity index (χ2v) is 4.51. The number of nitrogens with zero attached hydrogens (tertiary/aromatic N) is 1. The summed E-state index contributed by atoms with van der Waals surface area (Å²) in [5.74, 6) is -1.88. The van der Waals surface area contributed by atoms with Gasteiger partial charge in [0.25, 0.3) is 0 Å². The van der Waals surface area contributed by atoms with E-state index in [2.05, 4.69) is 5.32 Å². The summed E-state index contributed by atoms with van der Waals surface area (Å²) in [4.78, 5) is 35.8. The maximum absolute atomic E-state index is 13.1. The number of piperidine rings is 1. The van der Waals surface area contributed by atoms with Crippen molar-refractivity contribution in [1.82, 2.24) is 4.90 Å². The van der Waals surface area contributed by atoms with Crippen molar-refractivity contribution >= 4 is 29.1 Å². The van der Waals surface area contributed by atoms with Crippen LogP contribution in [0.3, 0.4) is 0 Å². The zero-order chi connectivity index (χ0) is 14.7. The number of imide groups is 1. The maximum atomic E-state index is 13.1. The van der Waals surface area contributed by atoms with Crippen LogP contribution in [-0.2, 0) is 14.4 Å². The number of rotatable bonds is 3. The average molecular weight is 279 g/mol. The summed E-state index contributed by atoms with van der Waals surface area (Å²) in [7, 11) is 0. The molecule has 1 fully saturated rings. The minimum atomic E-state index is -0.592. The highest BCUT2D eigenvalue weighted by Gasteiger charge is 2.27. The average Bonchev–Trinajstić information content (AvgIpc) is 2.38. The van der Waals surface area contributed by atoms with E-state index in [-0.39, 0.29) is 42.6 Å². The Hall–Kier alpha value is -2.44. The van der Waals surface area contributed by atoms with Crippen LogP contribution in [0.1, 0.15) is 19.3 Å². The van der Waals surface area contributed by atoms with Crippen LogP contribution in [0.5, 0.6) is 0 Å². The van der Waals surface area contributed by atoms with Crippen LogP contribution in [0, 0.1) is 5.82 Å². The summed E-state index contributed by atoms with van der Waals surface area (Å²) in [6.07, 6.45) is 1.01. The molecule has 1 aliphatic rings. The summed E-state index contributed by atoms with van der Waals surface area (Å²) >= 11 is 0. The third-order valence-electron chi connectivity index (χ3n) is 2.97. The molecule has 2 rings (SSSR count). The van der Waals surface area contributed by atoms with Gasteiger partial charge in [0.15, 0.2) is 0 Å². The molecule has 20 heavy (non-hydrogen) atoms. The molecule has 106 valence electrons. The van der Waals surface area contributed by atoms with E-state index < -0.39 is 11.7 Å². The van der Waals surface area contributed by atoms with Crippen LogP contribution in [0.25, 0.3) is 0 Å². The first-order valence-electron chi connectivity index (χ1n) is 6.15. The summed E-state index contributed by atoms with van der Waals surface area (Å²) in [5, 5.41) is 2.39. The topological polar surface area (TPSA) is 92.5 Å². The van der Waals surface area contributed by atoms with E-state index >= 15 is 0 Å². The van der Waals surface area contributed by atoms with Gasteiger partial charge in [0, 0.05) is 12.8 Å². The fraction of sp³-hybridized carbons (Fsp3) is 0.308. The molecule has 0 spiro atoms. The smallest absolute Gasteiger partial charge is 0.244 e. The van der Waals surface area contributed by atoms with Crippen molar-refractivity contribution in [3.63, 3.8) is 0 Å². The third-order valence-corrected chi connectivity index (χ3v) is 2.97. The monoisotopic (exact) mass is 279 g/mol. The molecular weight excluding hydrogens is 265 g/mol. The lowest BCUT2D eigenvalue weighted by Gasteiger charge is -2.24. The Morgan fingerprint density at radius 2 is 1.95 bits per heavy atom. The molecular formula is C13H14FN3O3. The third kappa shape index (κ3) is 3.11. The highest BCUT2D eigenvalue weighted by molar-refractivity contribution is 6.03. The lowest BCUT2D eigenvalue weighted by Crippen LogP contribution is -2.44. The van der Waals surface area contributed by atoms with Crippen molar-refractivity contribution < 1.29 is 18.8 Å². The SMILES string of the molecule is Nc1ccc(F)cc1NC(=O)CN1C(=O)CCCC1=O. The predicted molar refractivity (Wildman–Crippen MR) is 70.0 cm³/mol. The molecule has 3 N–H and O–H groups in total. The Morgan fingerprint density at radius 1 is 1.30 bits per heavy atom. The van der Waals surface area contributed by atoms with Crippen molar-refractivity contribution in [3.8, 4) is 0 Å². The fourth-order valence-corrected chi connectivity index (χ4v) is 1.95. The van der Waals surface area contributed by atoms with Gasteiger partial charge in [-0.05, 0) is 24.6 Å². The molecule has 0 atom stereocenters. The van der Waals surface area contributed by atoms with E-state index in [4.69, 9.17) is 5.73 Å². The van der Waals surface area contributed by atoms with E-state index in [0.717, 1.165) is 11.0 Å². The predicted octanol–water partition coefficient (Wildman–Crippen LogP) is 0.885. The number of nitrogen functional groups attached to an aromatic ring is 1. The molecule has 0 aliphatic carbocycles. The van der Waals surface area contributed by atoms with Crippen molar-refractivity contribution in [2.24, 2.45) is 0 Å². The molecule has 1 aromatic rings. The standard InChI is InChI=1S/C13H14FN3O3/c14-8-4-5-9(15)10(6-8)16-11(18)7-17-12(19)2-1-3-13(17)20/h4-6H,1-3,7,15H2,(H,16,18). The Morgan fingerprint density at radius 3 is 2.60 bits per heavy atom. The number of carbonyl (C=O) groups excluding carboxylic acids is 3. The summed E-state index contributed by atoms with van der Waals surface area (Å²) in [6.45, 7) is -0.381. The summed E-state index contributed by atoms with van der Waals surface area (Å²) in [5.41, 5.74) is 5.92. The van der Waals surface area contributed by atoms with Gasteiger partial charge in [0.2, 0.25) is 17.7 Å². The van der Waals surface area contributed by atoms with Gasteiger partial charge in [-0.2, -0.15) is 0 Å². The first-order valence-corrected chi connectivity index (χ1v) is 6.15. The van der Waals surface area contributed by atoms with Gasteiger partial charge in [-0.3, -0.25) is 19.3 Å². The van der Waals surface area contributed by atoms with E-state index in [9.17, 15) is 18.8 Å². The molecule has 3 amide bonds. The van der Waals surface area contributed by atoms with E-state index in [1.807, 2.05) is 0 Å². The molecule has 1 saturated heterocycles. The molecule has 7 heteroatoms. The molecule has 0 aromatic heterocycles. The maximum Gasteiger partial charge on any atom is 0.244 e. The number of anilines is 2. The Balaban J connectivity index is 2.03. The lowest BCUT2D eigenvalue weighted by molar-refractivity contribution is -0.150. The van der Waals surface area contributed by atoms with Gasteiger partial charge < -0.3 is 11.1 Å². The molecule has 0 saturated carbocycles. The molecule has 0 unspecified atom stereocenters. The number of hydrogen-bond donors (Lipinski definition) is 2. The van der Waals surface area contributed by atoms with Crippen molar-refractivity contribution in [2.45, 2.75) is 19.3 Å². The second-order valence-electron chi connectivity index (χ2n) is 4.51. The van der Waals surface area contributed by atoms with E-state index in [1.54, 1.807) is 0 Å². The molecule has 1 heterocycles. The number of nitrogens with one attached hydrogen (secondary N) is 1. The van der Waals surface area contributed by atoms with Crippen LogP contribution in [0.4, 0.5) is 15.8 Å².